The molecule has 2 atom stereocenters. The van der Waals surface area contributed by atoms with Gasteiger partial charge in [-0.25, -0.2) is 4.39 Å². The summed E-state index contributed by atoms with van der Waals surface area (Å²) < 4.78 is 18.9. The van der Waals surface area contributed by atoms with Gasteiger partial charge in [-0.05, 0) is 55.4 Å². The second-order valence-corrected chi connectivity index (χ2v) is 8.22. The lowest BCUT2D eigenvalue weighted by molar-refractivity contribution is -0.124. The number of halogens is 1. The van der Waals surface area contributed by atoms with E-state index >= 15 is 0 Å². The number of hydrogen-bond acceptors (Lipinski definition) is 4. The van der Waals surface area contributed by atoms with Crippen molar-refractivity contribution < 1.29 is 18.7 Å². The van der Waals surface area contributed by atoms with E-state index in [-0.39, 0.29) is 17.6 Å². The molecule has 0 bridgehead atoms. The van der Waals surface area contributed by atoms with Crippen LogP contribution in [0.1, 0.15) is 53.7 Å². The summed E-state index contributed by atoms with van der Waals surface area (Å²) in [5.41, 5.74) is 1.95. The van der Waals surface area contributed by atoms with Crippen LogP contribution in [0.4, 0.5) is 4.39 Å². The largest absolute Gasteiger partial charge is 0.383 e. The van der Waals surface area contributed by atoms with Gasteiger partial charge in [0.1, 0.15) is 5.82 Å². The highest BCUT2D eigenvalue weighted by Crippen LogP contribution is 2.42. The Labute approximate surface area is 195 Å². The van der Waals surface area contributed by atoms with Gasteiger partial charge in [-0.1, -0.05) is 44.2 Å². The Kier molecular flexibility index (Phi) is 8.97. The summed E-state index contributed by atoms with van der Waals surface area (Å²) in [4.78, 5) is 30.9. The Hall–Kier alpha value is -2.77. The van der Waals surface area contributed by atoms with Crippen molar-refractivity contribution >= 4 is 11.8 Å². The van der Waals surface area contributed by atoms with Crippen molar-refractivity contribution in [3.05, 3.63) is 71.0 Å². The molecule has 3 rings (SSSR count). The lowest BCUT2D eigenvalue weighted by Gasteiger charge is -2.41. The highest BCUT2D eigenvalue weighted by Gasteiger charge is 2.43. The Bertz CT molecular complexity index is 931. The minimum Gasteiger partial charge on any atom is -0.383 e. The summed E-state index contributed by atoms with van der Waals surface area (Å²) in [6.07, 6.45) is 0.843. The van der Waals surface area contributed by atoms with Gasteiger partial charge < -0.3 is 19.9 Å². The third kappa shape index (κ3) is 5.78. The van der Waals surface area contributed by atoms with Gasteiger partial charge in [0, 0.05) is 25.8 Å². The van der Waals surface area contributed by atoms with E-state index in [4.69, 9.17) is 4.74 Å². The molecule has 2 aromatic rings. The molecule has 0 saturated heterocycles. The molecule has 0 fully saturated rings. The predicted molar refractivity (Wildman–Crippen MR) is 127 cm³/mol. The second-order valence-electron chi connectivity index (χ2n) is 8.22. The van der Waals surface area contributed by atoms with Gasteiger partial charge in [-0.2, -0.15) is 0 Å². The molecule has 0 radical (unpaired) electrons. The zero-order chi connectivity index (χ0) is 23.8. The normalized spacial score (nSPS) is 17.8. The van der Waals surface area contributed by atoms with E-state index in [1.165, 1.54) is 12.1 Å². The molecule has 0 unspecified atom stereocenters. The molecular weight excluding hydrogens is 421 g/mol. The molecule has 6 nitrogen and oxygen atoms in total. The van der Waals surface area contributed by atoms with Gasteiger partial charge in [0.25, 0.3) is 5.91 Å². The molecular formula is C26H34FN3O3. The molecule has 1 heterocycles. The quantitative estimate of drug-likeness (QED) is 0.526. The molecule has 0 aliphatic carbocycles. The number of carbonyl (C=O) groups is 2. The highest BCUT2D eigenvalue weighted by atomic mass is 19.1. The molecule has 178 valence electrons. The summed E-state index contributed by atoms with van der Waals surface area (Å²) in [5, 5.41) is 3.09. The second kappa shape index (κ2) is 11.9. The smallest absolute Gasteiger partial charge is 0.254 e. The lowest BCUT2D eigenvalue weighted by Crippen LogP contribution is -2.48. The van der Waals surface area contributed by atoms with Crippen LogP contribution in [-0.4, -0.2) is 68.1 Å². The summed E-state index contributed by atoms with van der Waals surface area (Å²) in [6.45, 7) is 8.33. The maximum absolute atomic E-state index is 13.7. The first-order valence-corrected chi connectivity index (χ1v) is 11.7. The number of ether oxygens (including phenoxy) is 1. The van der Waals surface area contributed by atoms with Gasteiger partial charge in [-0.3, -0.25) is 9.59 Å². The van der Waals surface area contributed by atoms with E-state index in [2.05, 4.69) is 24.1 Å². The number of benzene rings is 2. The Balaban J connectivity index is 1.93. The number of nitrogens with one attached hydrogen (secondary N) is 1. The van der Waals surface area contributed by atoms with Crippen LogP contribution >= 0.6 is 0 Å². The number of carbonyl (C=O) groups excluding carboxylic acids is 2. The fourth-order valence-corrected chi connectivity index (χ4v) is 4.51. The molecule has 1 aliphatic heterocycles. The molecule has 33 heavy (non-hydrogen) atoms. The van der Waals surface area contributed by atoms with Crippen LogP contribution in [0.25, 0.3) is 0 Å². The van der Waals surface area contributed by atoms with E-state index in [0.717, 1.165) is 31.6 Å². The topological polar surface area (TPSA) is 61.9 Å². The van der Waals surface area contributed by atoms with Crippen LogP contribution < -0.4 is 5.32 Å². The molecule has 1 N–H and O–H groups in total. The number of fused-ring (bicyclic) bond motifs is 1. The van der Waals surface area contributed by atoms with Crippen LogP contribution in [0.15, 0.2) is 48.5 Å². The highest BCUT2D eigenvalue weighted by molar-refractivity contribution is 6.01. The number of amides is 2. The van der Waals surface area contributed by atoms with Crippen LogP contribution in [0.5, 0.6) is 0 Å². The number of nitrogens with zero attached hydrogens (tertiary/aromatic N) is 2. The Morgan fingerprint density at radius 1 is 1.12 bits per heavy atom. The van der Waals surface area contributed by atoms with Gasteiger partial charge in [0.2, 0.25) is 5.91 Å². The molecule has 0 aromatic heterocycles. The van der Waals surface area contributed by atoms with Crippen molar-refractivity contribution in [3.8, 4) is 0 Å². The van der Waals surface area contributed by atoms with Crippen LogP contribution in [-0.2, 0) is 9.53 Å². The summed E-state index contributed by atoms with van der Waals surface area (Å²) >= 11 is 0. The third-order valence-corrected chi connectivity index (χ3v) is 6.31. The van der Waals surface area contributed by atoms with E-state index < -0.39 is 12.0 Å². The molecule has 0 spiro atoms. The summed E-state index contributed by atoms with van der Waals surface area (Å²) in [6, 6.07) is 12.8. The Morgan fingerprint density at radius 3 is 2.48 bits per heavy atom. The maximum atomic E-state index is 13.7. The first-order chi connectivity index (χ1) is 16.0. The molecule has 2 amide bonds. The van der Waals surface area contributed by atoms with Gasteiger partial charge >= 0.3 is 0 Å². The summed E-state index contributed by atoms with van der Waals surface area (Å²) in [7, 11) is 1.58. The van der Waals surface area contributed by atoms with Crippen molar-refractivity contribution in [3.63, 3.8) is 0 Å². The third-order valence-electron chi connectivity index (χ3n) is 6.31. The standard InChI is InChI=1S/C26H34FN3O3/c1-4-29(5-2)16-8-15-28-25(31)23-21-9-6-7-10-22(21)26(32)30(17-18-33-3)24(23)19-11-13-20(27)14-12-19/h6-7,9-14,23-24H,4-5,8,15-18H2,1-3H3,(H,28,31)/t23-,24+/m0/s1. The number of rotatable bonds is 11. The van der Waals surface area contributed by atoms with Gasteiger partial charge in [-0.15, -0.1) is 0 Å². The summed E-state index contributed by atoms with van der Waals surface area (Å²) in [5.74, 6) is -1.24. The molecule has 1 aliphatic rings. The van der Waals surface area contributed by atoms with Crippen LogP contribution in [0.2, 0.25) is 0 Å². The Morgan fingerprint density at radius 2 is 1.82 bits per heavy atom. The zero-order valence-corrected chi connectivity index (χ0v) is 19.7. The minimum atomic E-state index is -0.602. The zero-order valence-electron chi connectivity index (χ0n) is 19.7. The van der Waals surface area contributed by atoms with E-state index in [9.17, 15) is 14.0 Å². The van der Waals surface area contributed by atoms with Crippen LogP contribution in [0, 0.1) is 5.82 Å². The molecule has 7 heteroatoms. The van der Waals surface area contributed by atoms with Crippen molar-refractivity contribution in [2.24, 2.45) is 0 Å². The van der Waals surface area contributed by atoms with Crippen molar-refractivity contribution in [1.29, 1.82) is 0 Å². The fourth-order valence-electron chi connectivity index (χ4n) is 4.51. The van der Waals surface area contributed by atoms with Crippen LogP contribution in [0.3, 0.4) is 0 Å². The average molecular weight is 456 g/mol. The lowest BCUT2D eigenvalue weighted by atomic mass is 9.79. The molecule has 0 saturated carbocycles. The minimum absolute atomic E-state index is 0.133. The number of hydrogen-bond donors (Lipinski definition) is 1. The van der Waals surface area contributed by atoms with E-state index in [0.29, 0.717) is 30.8 Å². The van der Waals surface area contributed by atoms with Crippen molar-refractivity contribution in [1.82, 2.24) is 15.1 Å². The van der Waals surface area contributed by atoms with E-state index in [1.54, 1.807) is 30.2 Å². The first-order valence-electron chi connectivity index (χ1n) is 11.7. The van der Waals surface area contributed by atoms with Crippen molar-refractivity contribution in [2.75, 3.05) is 46.4 Å². The maximum Gasteiger partial charge on any atom is 0.254 e. The number of methoxy groups -OCH3 is 1. The van der Waals surface area contributed by atoms with Gasteiger partial charge in [0.05, 0.1) is 18.6 Å². The molecule has 2 aromatic carbocycles. The SMILES string of the molecule is CCN(CC)CCCNC(=O)[C@H]1c2ccccc2C(=O)N(CCOC)[C@@H]1c1ccc(F)cc1. The first kappa shape index (κ1) is 24.9. The fraction of sp³-hybridized carbons (Fsp3) is 0.462. The predicted octanol–water partition coefficient (Wildman–Crippen LogP) is 3.60. The van der Waals surface area contributed by atoms with Crippen molar-refractivity contribution in [2.45, 2.75) is 32.2 Å². The van der Waals surface area contributed by atoms with E-state index in [1.807, 2.05) is 18.2 Å². The van der Waals surface area contributed by atoms with Gasteiger partial charge in [0.15, 0.2) is 0 Å². The monoisotopic (exact) mass is 455 g/mol. The average Bonchev–Trinajstić information content (AvgIpc) is 2.84.